The Balaban J connectivity index is 0.00000225. The molecule has 0 fully saturated rings. The van der Waals surface area contributed by atoms with Crippen LogP contribution in [0.5, 0.6) is 5.75 Å². The van der Waals surface area contributed by atoms with E-state index in [0.29, 0.717) is 5.75 Å². The van der Waals surface area contributed by atoms with E-state index in [0.717, 1.165) is 18.7 Å². The van der Waals surface area contributed by atoms with Crippen molar-refractivity contribution in [2.24, 2.45) is 0 Å². The molecule has 2 N–H and O–H groups in total. The van der Waals surface area contributed by atoms with Crippen LogP contribution in [0.2, 0.25) is 10.0 Å². The van der Waals surface area contributed by atoms with Crippen LogP contribution < -0.4 is 14.8 Å². The van der Waals surface area contributed by atoms with Crippen LogP contribution in [0.15, 0.2) is 35.2 Å². The van der Waals surface area contributed by atoms with Crippen molar-refractivity contribution in [3.05, 3.63) is 57.1 Å². The summed E-state index contributed by atoms with van der Waals surface area (Å²) in [6, 6.07) is 8.60. The molecule has 9 heteroatoms. The van der Waals surface area contributed by atoms with Gasteiger partial charge in [0, 0.05) is 25.7 Å². The summed E-state index contributed by atoms with van der Waals surface area (Å²) in [5.41, 5.74) is 3.32. The van der Waals surface area contributed by atoms with Crippen LogP contribution in [0.1, 0.15) is 16.7 Å². The van der Waals surface area contributed by atoms with Gasteiger partial charge in [-0.05, 0) is 22.8 Å². The van der Waals surface area contributed by atoms with E-state index < -0.39 is 10.0 Å². The Bertz CT molecular complexity index is 888. The van der Waals surface area contributed by atoms with Gasteiger partial charge in [-0.3, -0.25) is 0 Å². The Hall–Kier alpha value is -1.02. The average Bonchev–Trinajstić information content (AvgIpc) is 3.02. The Morgan fingerprint density at radius 3 is 2.56 bits per heavy atom. The molecule has 25 heavy (non-hydrogen) atoms. The summed E-state index contributed by atoms with van der Waals surface area (Å²) in [5, 5.41) is 3.50. The number of fused-ring (bicyclic) bond motifs is 1. The van der Waals surface area contributed by atoms with Crippen molar-refractivity contribution >= 4 is 45.6 Å². The largest absolute Gasteiger partial charge is 0.495 e. The molecule has 1 aliphatic rings. The van der Waals surface area contributed by atoms with Crippen molar-refractivity contribution in [2.75, 3.05) is 7.11 Å². The highest BCUT2D eigenvalue weighted by atomic mass is 35.5. The minimum atomic E-state index is -3.79. The van der Waals surface area contributed by atoms with Crippen molar-refractivity contribution in [1.82, 2.24) is 10.0 Å². The normalized spacial score (nSPS) is 13.2. The molecule has 2 aromatic rings. The zero-order valence-electron chi connectivity index (χ0n) is 13.3. The minimum absolute atomic E-state index is 0. The van der Waals surface area contributed by atoms with E-state index in [1.807, 2.05) is 18.2 Å². The fourth-order valence-electron chi connectivity index (χ4n) is 2.59. The fraction of sp³-hybridized carbons (Fsp3) is 0.250. The molecule has 0 spiro atoms. The van der Waals surface area contributed by atoms with Gasteiger partial charge in [-0.2, -0.15) is 0 Å². The molecule has 0 aliphatic carbocycles. The Morgan fingerprint density at radius 1 is 1.12 bits per heavy atom. The van der Waals surface area contributed by atoms with Crippen LogP contribution in [0, 0.1) is 0 Å². The fourth-order valence-corrected chi connectivity index (χ4v) is 4.45. The van der Waals surface area contributed by atoms with Gasteiger partial charge in [0.2, 0.25) is 10.0 Å². The zero-order valence-corrected chi connectivity index (χ0v) is 16.5. The van der Waals surface area contributed by atoms with Gasteiger partial charge in [0.25, 0.3) is 0 Å². The quantitative estimate of drug-likeness (QED) is 0.772. The molecule has 3 rings (SSSR count). The summed E-state index contributed by atoms with van der Waals surface area (Å²) < 4.78 is 32.6. The topological polar surface area (TPSA) is 67.4 Å². The third kappa shape index (κ3) is 4.39. The maximum absolute atomic E-state index is 12.5. The smallest absolute Gasteiger partial charge is 0.242 e. The number of sulfonamides is 1. The molecule has 0 saturated carbocycles. The molecule has 1 aliphatic heterocycles. The van der Waals surface area contributed by atoms with Gasteiger partial charge in [-0.25, -0.2) is 13.1 Å². The first-order valence-electron chi connectivity index (χ1n) is 7.25. The summed E-state index contributed by atoms with van der Waals surface area (Å²) >= 11 is 12.1. The number of nitrogens with one attached hydrogen (secondary N) is 2. The van der Waals surface area contributed by atoms with E-state index >= 15 is 0 Å². The van der Waals surface area contributed by atoms with E-state index in [-0.39, 0.29) is 33.9 Å². The second-order valence-corrected chi connectivity index (χ2v) is 8.00. The summed E-state index contributed by atoms with van der Waals surface area (Å²) in [4.78, 5) is -0.0715. The van der Waals surface area contributed by atoms with E-state index in [1.54, 1.807) is 0 Å². The molecule has 0 aromatic heterocycles. The van der Waals surface area contributed by atoms with Gasteiger partial charge in [0.1, 0.15) is 10.6 Å². The van der Waals surface area contributed by atoms with E-state index in [4.69, 9.17) is 27.9 Å². The molecule has 5 nitrogen and oxygen atoms in total. The minimum Gasteiger partial charge on any atom is -0.495 e. The molecule has 0 radical (unpaired) electrons. The van der Waals surface area contributed by atoms with Crippen molar-refractivity contribution in [2.45, 2.75) is 24.5 Å². The number of methoxy groups -OCH3 is 1. The van der Waals surface area contributed by atoms with Crippen LogP contribution in [-0.2, 0) is 29.7 Å². The molecule has 0 atom stereocenters. The first-order chi connectivity index (χ1) is 11.4. The number of hydrogen-bond donors (Lipinski definition) is 2. The second kappa shape index (κ2) is 8.12. The van der Waals surface area contributed by atoms with Gasteiger partial charge >= 0.3 is 0 Å². The highest BCUT2D eigenvalue weighted by Gasteiger charge is 2.20. The van der Waals surface area contributed by atoms with Gasteiger partial charge in [-0.15, -0.1) is 12.4 Å². The summed E-state index contributed by atoms with van der Waals surface area (Å²) in [6.07, 6.45) is 0. The van der Waals surface area contributed by atoms with Crippen molar-refractivity contribution < 1.29 is 13.2 Å². The van der Waals surface area contributed by atoms with Crippen LogP contribution in [0.3, 0.4) is 0 Å². The highest BCUT2D eigenvalue weighted by molar-refractivity contribution is 7.89. The lowest BCUT2D eigenvalue weighted by Gasteiger charge is -2.11. The van der Waals surface area contributed by atoms with Crippen LogP contribution in [0.4, 0.5) is 0 Å². The van der Waals surface area contributed by atoms with Gasteiger partial charge in [0.15, 0.2) is 0 Å². The second-order valence-electron chi connectivity index (χ2n) is 5.45. The van der Waals surface area contributed by atoms with E-state index in [2.05, 4.69) is 10.0 Å². The Kier molecular flexibility index (Phi) is 6.59. The van der Waals surface area contributed by atoms with Crippen molar-refractivity contribution in [3.63, 3.8) is 0 Å². The number of ether oxygens (including phenoxy) is 1. The Morgan fingerprint density at radius 2 is 1.84 bits per heavy atom. The van der Waals surface area contributed by atoms with E-state index in [1.165, 1.54) is 30.4 Å². The lowest BCUT2D eigenvalue weighted by atomic mass is 10.1. The maximum Gasteiger partial charge on any atom is 0.242 e. The average molecular weight is 424 g/mol. The number of benzene rings is 2. The summed E-state index contributed by atoms with van der Waals surface area (Å²) in [7, 11) is -2.35. The van der Waals surface area contributed by atoms with Gasteiger partial charge < -0.3 is 10.1 Å². The first-order valence-corrected chi connectivity index (χ1v) is 9.49. The third-order valence-corrected chi connectivity index (χ3v) is 6.03. The number of rotatable bonds is 5. The lowest BCUT2D eigenvalue weighted by molar-refractivity contribution is 0.414. The predicted octanol–water partition coefficient (Wildman–Crippen LogP) is 3.51. The standard InChI is InChI=1S/C16H16Cl2N2O3S.ClH/c1-23-15-5-14(18)16(6-13(15)17)24(21,22)20-7-10-2-3-11-8-19-9-12(11)4-10;/h2-6,19-20H,7-9H2,1H3;1H. The summed E-state index contributed by atoms with van der Waals surface area (Å²) in [6.45, 7) is 1.83. The highest BCUT2D eigenvalue weighted by Crippen LogP contribution is 2.33. The molecule has 0 unspecified atom stereocenters. The maximum atomic E-state index is 12.5. The summed E-state index contributed by atoms with van der Waals surface area (Å²) in [5.74, 6) is 0.326. The van der Waals surface area contributed by atoms with Crippen LogP contribution in [-0.4, -0.2) is 15.5 Å². The van der Waals surface area contributed by atoms with Crippen molar-refractivity contribution in [3.8, 4) is 5.75 Å². The molecular formula is C16H17Cl3N2O3S. The molecule has 2 aromatic carbocycles. The third-order valence-electron chi connectivity index (χ3n) is 3.86. The molecule has 1 heterocycles. The van der Waals surface area contributed by atoms with Gasteiger partial charge in [-0.1, -0.05) is 41.4 Å². The predicted molar refractivity (Wildman–Crippen MR) is 101 cm³/mol. The molecule has 0 bridgehead atoms. The number of halogens is 3. The molecule has 136 valence electrons. The molecule has 0 amide bonds. The van der Waals surface area contributed by atoms with Crippen molar-refractivity contribution in [1.29, 1.82) is 0 Å². The number of hydrogen-bond acceptors (Lipinski definition) is 4. The Labute approximate surface area is 163 Å². The van der Waals surface area contributed by atoms with Crippen LogP contribution >= 0.6 is 35.6 Å². The van der Waals surface area contributed by atoms with Gasteiger partial charge in [0.05, 0.1) is 17.2 Å². The van der Waals surface area contributed by atoms with Crippen LogP contribution in [0.25, 0.3) is 0 Å². The monoisotopic (exact) mass is 422 g/mol. The molecule has 0 saturated heterocycles. The molecular weight excluding hydrogens is 407 g/mol. The first kappa shape index (κ1) is 20.3. The zero-order chi connectivity index (χ0) is 17.3. The SMILES string of the molecule is COc1cc(Cl)c(S(=O)(=O)NCc2ccc3c(c2)CNC3)cc1Cl.Cl. The van der Waals surface area contributed by atoms with E-state index in [9.17, 15) is 8.42 Å². The lowest BCUT2D eigenvalue weighted by Crippen LogP contribution is -2.23.